The van der Waals surface area contributed by atoms with Crippen LogP contribution >= 0.6 is 0 Å². The van der Waals surface area contributed by atoms with Gasteiger partial charge in [-0.15, -0.1) is 0 Å². The van der Waals surface area contributed by atoms with Crippen LogP contribution in [0.25, 0.3) is 0 Å². The monoisotopic (exact) mass is 726 g/mol. The number of hydrogen-bond acceptors (Lipinski definition) is 7. The maximum atomic E-state index is 12.6. The van der Waals surface area contributed by atoms with Crippen LogP contribution in [-0.2, 0) is 23.9 Å². The van der Waals surface area contributed by atoms with Crippen LogP contribution in [0.3, 0.4) is 0 Å². The summed E-state index contributed by atoms with van der Waals surface area (Å²) in [7, 11) is 0. The maximum absolute atomic E-state index is 12.6. The smallest absolute Gasteiger partial charge is 0.306 e. The Kier molecular flexibility index (Phi) is 36.6. The van der Waals surface area contributed by atoms with Gasteiger partial charge in [0.15, 0.2) is 0 Å². The van der Waals surface area contributed by atoms with E-state index in [0.29, 0.717) is 25.7 Å². The number of allylic oxidation sites excluding steroid dienone is 1. The third-order valence-electron chi connectivity index (χ3n) is 10.1. The number of amides is 1. The van der Waals surface area contributed by atoms with Crippen molar-refractivity contribution >= 4 is 17.8 Å². The lowest BCUT2D eigenvalue weighted by atomic mass is 9.93. The molecule has 0 bridgehead atoms. The number of unbranched alkanes of at least 4 members (excludes halogenated alkanes) is 15. The predicted octanol–water partition coefficient (Wildman–Crippen LogP) is 10.7. The Morgan fingerprint density at radius 1 is 0.686 bits per heavy atom. The largest absolute Gasteiger partial charge is 0.463 e. The van der Waals surface area contributed by atoms with E-state index in [1.807, 2.05) is 19.9 Å². The summed E-state index contributed by atoms with van der Waals surface area (Å²) in [6.45, 7) is 14.7. The van der Waals surface area contributed by atoms with Gasteiger partial charge < -0.3 is 25.0 Å². The molecule has 0 aliphatic carbocycles. The summed E-state index contributed by atoms with van der Waals surface area (Å²) in [5, 5.41) is 23.0. The van der Waals surface area contributed by atoms with Crippen molar-refractivity contribution in [1.29, 1.82) is 0 Å². The molecule has 1 unspecified atom stereocenters. The van der Waals surface area contributed by atoms with Gasteiger partial charge in [-0.3, -0.25) is 14.4 Å². The number of aliphatic hydroxyl groups is 2. The van der Waals surface area contributed by atoms with Crippen molar-refractivity contribution in [3.05, 3.63) is 12.2 Å². The molecule has 0 aromatic rings. The number of ether oxygens (including phenoxy) is 2. The highest BCUT2D eigenvalue weighted by Gasteiger charge is 2.30. The van der Waals surface area contributed by atoms with Crippen LogP contribution in [0.15, 0.2) is 12.2 Å². The summed E-state index contributed by atoms with van der Waals surface area (Å²) in [5.74, 6) is -0.343. The molecule has 0 rings (SSSR count). The molecule has 0 aliphatic rings. The summed E-state index contributed by atoms with van der Waals surface area (Å²) in [6, 6.07) is -0.769. The fraction of sp³-hybridized carbons (Fsp3) is 0.884. The first-order valence-electron chi connectivity index (χ1n) is 21.2. The third-order valence-corrected chi connectivity index (χ3v) is 10.1. The van der Waals surface area contributed by atoms with Crippen molar-refractivity contribution in [3.63, 3.8) is 0 Å². The highest BCUT2D eigenvalue weighted by atomic mass is 16.6. The number of carbonyl (C=O) groups is 3. The predicted molar refractivity (Wildman–Crippen MR) is 213 cm³/mol. The molecule has 3 N–H and O–H groups in total. The van der Waals surface area contributed by atoms with Gasteiger partial charge in [-0.05, 0) is 38.0 Å². The Morgan fingerprint density at radius 3 is 1.65 bits per heavy atom. The van der Waals surface area contributed by atoms with Gasteiger partial charge in [0.2, 0.25) is 5.91 Å². The number of hydrogen-bond donors (Lipinski definition) is 3. The van der Waals surface area contributed by atoms with Crippen LogP contribution in [0.4, 0.5) is 0 Å². The molecule has 2 atom stereocenters. The first kappa shape index (κ1) is 51.2. The standard InChI is InChI=1S/C37H69NO7.C6H14/c1-5-9-11-13-14-15-16-17-18-19-20-22-23-25-33(40)32(38-34(41)26-24-21-12-10-6-2)31-44-35(42)27-28-36(43)45-37(7-3,8-4)29-30-39;1-4-6(3)5-2/h23,25,32-33,39-40H,5-22,24,26-31H2,1-4H3,(H,38,41);6H,4-5H2,1-3H3/b25-23+;/t32-,33?;/m0./s1. The number of rotatable bonds is 33. The SMILES string of the molecule is CCC(C)CC.CCCCCCCCCCCCC/C=C/C(O)[C@H](COC(=O)CCC(=O)OC(CC)(CC)CCO)NC(=O)CCCCCCC. The molecule has 51 heavy (non-hydrogen) atoms. The quantitative estimate of drug-likeness (QED) is 0.0350. The van der Waals surface area contributed by atoms with Gasteiger partial charge in [-0.25, -0.2) is 0 Å². The fourth-order valence-electron chi connectivity index (χ4n) is 5.73. The van der Waals surface area contributed by atoms with Gasteiger partial charge in [-0.2, -0.15) is 0 Å². The van der Waals surface area contributed by atoms with Crippen LogP contribution in [0, 0.1) is 5.92 Å². The molecule has 0 saturated carbocycles. The van der Waals surface area contributed by atoms with Crippen molar-refractivity contribution in [2.75, 3.05) is 13.2 Å². The van der Waals surface area contributed by atoms with E-state index in [4.69, 9.17) is 9.47 Å². The van der Waals surface area contributed by atoms with E-state index >= 15 is 0 Å². The zero-order valence-electron chi connectivity index (χ0n) is 34.4. The Morgan fingerprint density at radius 2 is 1.18 bits per heavy atom. The highest BCUT2D eigenvalue weighted by molar-refractivity contribution is 5.78. The second kappa shape index (κ2) is 36.4. The Bertz CT molecular complexity index is 838. The van der Waals surface area contributed by atoms with Gasteiger partial charge in [0.05, 0.1) is 25.0 Å². The molecular formula is C43H83NO7. The first-order chi connectivity index (χ1) is 24.6. The minimum atomic E-state index is -0.993. The Hall–Kier alpha value is -1.93. The molecule has 0 aliphatic heterocycles. The van der Waals surface area contributed by atoms with E-state index in [-0.39, 0.29) is 32.0 Å². The molecule has 0 fully saturated rings. The van der Waals surface area contributed by atoms with Crippen LogP contribution in [0.5, 0.6) is 0 Å². The van der Waals surface area contributed by atoms with Gasteiger partial charge >= 0.3 is 11.9 Å². The molecule has 0 spiro atoms. The lowest BCUT2D eigenvalue weighted by Gasteiger charge is -2.31. The van der Waals surface area contributed by atoms with E-state index in [2.05, 4.69) is 39.9 Å². The van der Waals surface area contributed by atoms with Gasteiger partial charge in [0, 0.05) is 19.4 Å². The van der Waals surface area contributed by atoms with Gasteiger partial charge in [0.1, 0.15) is 12.2 Å². The number of esters is 2. The van der Waals surface area contributed by atoms with Crippen molar-refractivity contribution in [3.8, 4) is 0 Å². The van der Waals surface area contributed by atoms with Crippen molar-refractivity contribution < 1.29 is 34.1 Å². The van der Waals surface area contributed by atoms with Gasteiger partial charge in [0.25, 0.3) is 0 Å². The van der Waals surface area contributed by atoms with Crippen molar-refractivity contribution in [1.82, 2.24) is 5.32 Å². The fourth-order valence-corrected chi connectivity index (χ4v) is 5.73. The second-order valence-corrected chi connectivity index (χ2v) is 14.5. The average molecular weight is 726 g/mol. The third kappa shape index (κ3) is 31.3. The summed E-state index contributed by atoms with van der Waals surface area (Å²) >= 11 is 0. The van der Waals surface area contributed by atoms with E-state index in [9.17, 15) is 24.6 Å². The minimum Gasteiger partial charge on any atom is -0.463 e. The number of aliphatic hydroxyl groups excluding tert-OH is 2. The summed E-state index contributed by atoms with van der Waals surface area (Å²) in [5.41, 5.74) is -0.731. The minimum absolute atomic E-state index is 0.0844. The van der Waals surface area contributed by atoms with E-state index in [1.165, 1.54) is 70.6 Å². The molecule has 8 nitrogen and oxygen atoms in total. The van der Waals surface area contributed by atoms with E-state index in [1.54, 1.807) is 6.08 Å². The summed E-state index contributed by atoms with van der Waals surface area (Å²) in [6.07, 6.45) is 26.9. The van der Waals surface area contributed by atoms with Crippen LogP contribution < -0.4 is 5.32 Å². The maximum Gasteiger partial charge on any atom is 0.306 e. The topological polar surface area (TPSA) is 122 Å². The zero-order chi connectivity index (χ0) is 38.6. The molecule has 0 radical (unpaired) electrons. The van der Waals surface area contributed by atoms with Crippen LogP contribution in [0.1, 0.15) is 209 Å². The molecule has 302 valence electrons. The average Bonchev–Trinajstić information content (AvgIpc) is 3.13. The van der Waals surface area contributed by atoms with Gasteiger partial charge in [-0.1, -0.05) is 163 Å². The van der Waals surface area contributed by atoms with Crippen LogP contribution in [-0.4, -0.2) is 59.0 Å². The lowest BCUT2D eigenvalue weighted by Crippen LogP contribution is -2.46. The highest BCUT2D eigenvalue weighted by Crippen LogP contribution is 2.25. The summed E-state index contributed by atoms with van der Waals surface area (Å²) in [4.78, 5) is 37.5. The van der Waals surface area contributed by atoms with E-state index in [0.717, 1.165) is 57.3 Å². The van der Waals surface area contributed by atoms with Crippen LogP contribution in [0.2, 0.25) is 0 Å². The number of nitrogens with one attached hydrogen (secondary N) is 1. The first-order valence-corrected chi connectivity index (χ1v) is 21.2. The van der Waals surface area contributed by atoms with Crippen molar-refractivity contribution in [2.24, 2.45) is 5.92 Å². The van der Waals surface area contributed by atoms with Crippen molar-refractivity contribution in [2.45, 2.75) is 227 Å². The summed E-state index contributed by atoms with van der Waals surface area (Å²) < 4.78 is 11.0. The zero-order valence-corrected chi connectivity index (χ0v) is 34.4. The molecular weight excluding hydrogens is 642 g/mol. The Balaban J connectivity index is 0. The second-order valence-electron chi connectivity index (χ2n) is 14.5. The molecule has 1 amide bonds. The molecule has 0 aromatic carbocycles. The number of carbonyl (C=O) groups excluding carboxylic acids is 3. The normalized spacial score (nSPS) is 12.7. The molecule has 0 saturated heterocycles. The van der Waals surface area contributed by atoms with E-state index < -0.39 is 29.7 Å². The molecule has 0 aromatic heterocycles. The Labute approximate surface area is 314 Å². The lowest BCUT2D eigenvalue weighted by molar-refractivity contribution is -0.164. The molecule has 8 heteroatoms. The molecule has 0 heterocycles.